The summed E-state index contributed by atoms with van der Waals surface area (Å²) in [5.41, 5.74) is 3.64. The number of benzene rings is 2. The first kappa shape index (κ1) is 17.5. The fraction of sp³-hybridized carbons (Fsp3) is 0.333. The van der Waals surface area contributed by atoms with Gasteiger partial charge in [0.2, 0.25) is 0 Å². The van der Waals surface area contributed by atoms with E-state index in [0.29, 0.717) is 13.2 Å². The van der Waals surface area contributed by atoms with Crippen LogP contribution in [0.1, 0.15) is 24.5 Å². The summed E-state index contributed by atoms with van der Waals surface area (Å²) in [6, 6.07) is 20.7. The summed E-state index contributed by atoms with van der Waals surface area (Å²) in [4.78, 5) is 0. The Morgan fingerprint density at radius 1 is 0.826 bits per heavy atom. The Hall–Kier alpha value is -1.90. The average molecular weight is 310 g/mol. The smallest absolute Gasteiger partial charge is 0.161 e. The Morgan fingerprint density at radius 2 is 1.26 bits per heavy atom. The Kier molecular flexibility index (Phi) is 7.58. The molecule has 0 radical (unpaired) electrons. The van der Waals surface area contributed by atoms with E-state index in [1.807, 2.05) is 19.1 Å². The number of rotatable bonds is 10. The fourth-order valence-electron chi connectivity index (χ4n) is 2.36. The van der Waals surface area contributed by atoms with Crippen LogP contribution in [0.4, 0.5) is 0 Å². The van der Waals surface area contributed by atoms with Crippen LogP contribution in [0.2, 0.25) is 0 Å². The quantitative estimate of drug-likeness (QED) is 0.464. The SMILES string of the molecule is C=C(C)CC(OCCc1ccccc1)OCCc1ccccc1. The predicted molar refractivity (Wildman–Crippen MR) is 95.4 cm³/mol. The highest BCUT2D eigenvalue weighted by Gasteiger charge is 2.10. The van der Waals surface area contributed by atoms with Crippen molar-refractivity contribution in [2.45, 2.75) is 32.5 Å². The van der Waals surface area contributed by atoms with Crippen molar-refractivity contribution in [2.24, 2.45) is 0 Å². The van der Waals surface area contributed by atoms with Gasteiger partial charge in [0, 0.05) is 6.42 Å². The molecule has 0 unspecified atom stereocenters. The second-order valence-electron chi connectivity index (χ2n) is 5.80. The van der Waals surface area contributed by atoms with Gasteiger partial charge in [-0.15, -0.1) is 0 Å². The molecule has 0 fully saturated rings. The van der Waals surface area contributed by atoms with Crippen LogP contribution in [0, 0.1) is 0 Å². The van der Waals surface area contributed by atoms with Gasteiger partial charge in [-0.05, 0) is 30.9 Å². The van der Waals surface area contributed by atoms with Gasteiger partial charge in [-0.2, -0.15) is 0 Å². The second kappa shape index (κ2) is 9.98. The van der Waals surface area contributed by atoms with Gasteiger partial charge in [0.25, 0.3) is 0 Å². The van der Waals surface area contributed by atoms with Crippen LogP contribution in [-0.2, 0) is 22.3 Å². The van der Waals surface area contributed by atoms with Crippen LogP contribution in [-0.4, -0.2) is 19.5 Å². The van der Waals surface area contributed by atoms with Crippen molar-refractivity contribution in [1.29, 1.82) is 0 Å². The van der Waals surface area contributed by atoms with Crippen LogP contribution >= 0.6 is 0 Å². The van der Waals surface area contributed by atoms with Gasteiger partial charge in [0.1, 0.15) is 0 Å². The van der Waals surface area contributed by atoms with E-state index in [1.165, 1.54) is 11.1 Å². The van der Waals surface area contributed by atoms with Gasteiger partial charge in [0.05, 0.1) is 13.2 Å². The molecule has 2 aromatic rings. The van der Waals surface area contributed by atoms with Crippen LogP contribution in [0.3, 0.4) is 0 Å². The maximum atomic E-state index is 5.91. The van der Waals surface area contributed by atoms with Gasteiger partial charge >= 0.3 is 0 Å². The third-order valence-corrected chi connectivity index (χ3v) is 3.59. The van der Waals surface area contributed by atoms with Gasteiger partial charge in [-0.3, -0.25) is 0 Å². The first-order valence-electron chi connectivity index (χ1n) is 8.19. The monoisotopic (exact) mass is 310 g/mol. The van der Waals surface area contributed by atoms with E-state index in [0.717, 1.165) is 24.8 Å². The van der Waals surface area contributed by atoms with E-state index in [-0.39, 0.29) is 6.29 Å². The molecule has 0 bridgehead atoms. The Morgan fingerprint density at radius 3 is 1.65 bits per heavy atom. The molecule has 2 aromatic carbocycles. The second-order valence-corrected chi connectivity index (χ2v) is 5.80. The van der Waals surface area contributed by atoms with Crippen LogP contribution < -0.4 is 0 Å². The standard InChI is InChI=1S/C21H26O2/c1-18(2)17-21(22-15-13-19-9-5-3-6-10-19)23-16-14-20-11-7-4-8-12-20/h3-12,21H,1,13-17H2,2H3. The molecular formula is C21H26O2. The molecule has 2 rings (SSSR count). The lowest BCUT2D eigenvalue weighted by molar-refractivity contribution is -0.139. The van der Waals surface area contributed by atoms with Crippen molar-refractivity contribution in [2.75, 3.05) is 13.2 Å². The molecule has 0 N–H and O–H groups in total. The molecular weight excluding hydrogens is 284 g/mol. The lowest BCUT2D eigenvalue weighted by Crippen LogP contribution is -2.20. The third kappa shape index (κ3) is 7.27. The van der Waals surface area contributed by atoms with Gasteiger partial charge in [-0.1, -0.05) is 72.8 Å². The van der Waals surface area contributed by atoms with Crippen LogP contribution in [0.5, 0.6) is 0 Å². The average Bonchev–Trinajstić information content (AvgIpc) is 2.56. The summed E-state index contributed by atoms with van der Waals surface area (Å²) in [7, 11) is 0. The summed E-state index contributed by atoms with van der Waals surface area (Å²) in [5, 5.41) is 0. The lowest BCUT2D eigenvalue weighted by atomic mass is 10.2. The molecule has 23 heavy (non-hydrogen) atoms. The fourth-order valence-corrected chi connectivity index (χ4v) is 2.36. The maximum Gasteiger partial charge on any atom is 0.161 e. The lowest BCUT2D eigenvalue weighted by Gasteiger charge is -2.19. The molecule has 0 heterocycles. The molecule has 0 aliphatic carbocycles. The molecule has 0 aliphatic rings. The first-order valence-corrected chi connectivity index (χ1v) is 8.19. The van der Waals surface area contributed by atoms with E-state index in [1.54, 1.807) is 0 Å². The minimum atomic E-state index is -0.208. The highest BCUT2D eigenvalue weighted by molar-refractivity contribution is 5.15. The third-order valence-electron chi connectivity index (χ3n) is 3.59. The first-order chi connectivity index (χ1) is 11.2. The predicted octanol–water partition coefficient (Wildman–Crippen LogP) is 4.80. The Labute approximate surface area is 139 Å². The van der Waals surface area contributed by atoms with E-state index >= 15 is 0 Å². The van der Waals surface area contributed by atoms with Crippen molar-refractivity contribution < 1.29 is 9.47 Å². The summed E-state index contributed by atoms with van der Waals surface area (Å²) in [6.45, 7) is 7.30. The summed E-state index contributed by atoms with van der Waals surface area (Å²) >= 11 is 0. The van der Waals surface area contributed by atoms with Gasteiger partial charge in [-0.25, -0.2) is 0 Å². The summed E-state index contributed by atoms with van der Waals surface area (Å²) in [5.74, 6) is 0. The largest absolute Gasteiger partial charge is 0.352 e. The van der Waals surface area contributed by atoms with E-state index in [4.69, 9.17) is 9.47 Å². The maximum absolute atomic E-state index is 5.91. The van der Waals surface area contributed by atoms with Crippen molar-refractivity contribution in [3.63, 3.8) is 0 Å². The van der Waals surface area contributed by atoms with Crippen molar-refractivity contribution in [3.8, 4) is 0 Å². The molecule has 122 valence electrons. The number of ether oxygens (including phenoxy) is 2. The van der Waals surface area contributed by atoms with Gasteiger partial charge in [0.15, 0.2) is 6.29 Å². The molecule has 0 spiro atoms. The number of hydrogen-bond donors (Lipinski definition) is 0. The molecule has 2 nitrogen and oxygen atoms in total. The molecule has 0 saturated heterocycles. The molecule has 0 aromatic heterocycles. The molecule has 2 heteroatoms. The topological polar surface area (TPSA) is 18.5 Å². The van der Waals surface area contributed by atoms with Crippen LogP contribution in [0.15, 0.2) is 72.8 Å². The normalized spacial score (nSPS) is 10.9. The van der Waals surface area contributed by atoms with Crippen molar-refractivity contribution >= 4 is 0 Å². The van der Waals surface area contributed by atoms with Crippen molar-refractivity contribution in [1.82, 2.24) is 0 Å². The zero-order valence-electron chi connectivity index (χ0n) is 13.9. The molecule has 0 amide bonds. The zero-order valence-corrected chi connectivity index (χ0v) is 13.9. The highest BCUT2D eigenvalue weighted by atomic mass is 16.7. The Bertz CT molecular complexity index is 517. The minimum Gasteiger partial charge on any atom is -0.352 e. The number of hydrogen-bond acceptors (Lipinski definition) is 2. The molecule has 0 saturated carbocycles. The van der Waals surface area contributed by atoms with Crippen molar-refractivity contribution in [3.05, 3.63) is 83.9 Å². The molecule has 0 aliphatic heterocycles. The van der Waals surface area contributed by atoms with Gasteiger partial charge < -0.3 is 9.47 Å². The van der Waals surface area contributed by atoms with E-state index in [2.05, 4.69) is 55.1 Å². The highest BCUT2D eigenvalue weighted by Crippen LogP contribution is 2.10. The minimum absolute atomic E-state index is 0.208. The summed E-state index contributed by atoms with van der Waals surface area (Å²) in [6.07, 6.45) is 2.33. The zero-order chi connectivity index (χ0) is 16.3. The van der Waals surface area contributed by atoms with E-state index < -0.39 is 0 Å². The van der Waals surface area contributed by atoms with E-state index in [9.17, 15) is 0 Å². The molecule has 0 atom stereocenters. The Balaban J connectivity index is 1.74. The summed E-state index contributed by atoms with van der Waals surface area (Å²) < 4.78 is 11.8. The van der Waals surface area contributed by atoms with Crippen LogP contribution in [0.25, 0.3) is 0 Å².